The molecule has 1 amide bonds. The molecule has 5 rings (SSSR count). The largest absolute Gasteiger partial charge is 0.463 e. The van der Waals surface area contributed by atoms with Crippen LogP contribution in [0, 0.1) is 0 Å². The van der Waals surface area contributed by atoms with Crippen molar-refractivity contribution in [1.82, 2.24) is 15.2 Å². The summed E-state index contributed by atoms with van der Waals surface area (Å²) in [6.07, 6.45) is 3.10. The normalized spacial score (nSPS) is 10.8. The maximum Gasteiger partial charge on any atom is 0.234 e. The van der Waals surface area contributed by atoms with Crippen LogP contribution < -0.4 is 10.1 Å². The quantitative estimate of drug-likeness (QED) is 0.237. The Morgan fingerprint density at radius 1 is 0.857 bits per heavy atom. The van der Waals surface area contributed by atoms with Crippen LogP contribution in [0.1, 0.15) is 0 Å². The van der Waals surface area contributed by atoms with Gasteiger partial charge >= 0.3 is 0 Å². The molecule has 0 radical (unpaired) electrons. The summed E-state index contributed by atoms with van der Waals surface area (Å²) in [5.41, 5.74) is 1.58. The fourth-order valence-corrected chi connectivity index (χ4v) is 3.82. The van der Waals surface area contributed by atoms with Crippen molar-refractivity contribution in [3.63, 3.8) is 0 Å². The number of hydrogen-bond donors (Lipinski definition) is 1. The summed E-state index contributed by atoms with van der Waals surface area (Å²) >= 11 is 7.06. The van der Waals surface area contributed by atoms with Crippen LogP contribution in [0.5, 0.6) is 11.5 Å². The fraction of sp³-hybridized carbons (Fsp3) is 0.0400. The van der Waals surface area contributed by atoms with Gasteiger partial charge in [0.15, 0.2) is 17.2 Å². The maximum atomic E-state index is 12.5. The molecule has 8 nitrogen and oxygen atoms in total. The van der Waals surface area contributed by atoms with Gasteiger partial charge in [0.1, 0.15) is 17.2 Å². The van der Waals surface area contributed by atoms with Gasteiger partial charge in [-0.25, -0.2) is 4.98 Å². The van der Waals surface area contributed by atoms with E-state index >= 15 is 0 Å². The number of benzene rings is 2. The third-order valence-corrected chi connectivity index (χ3v) is 5.79. The Balaban J connectivity index is 1.21. The standard InChI is InChI=1S/C25H17ClN4O4S/c26-16-5-9-18(10-6-16)34-19-11-7-17(8-12-19)27-22(31)15-35-25-28-23(20-3-1-13-32-20)24(29-30-25)21-4-2-14-33-21/h1-14H,15H2,(H,27,31). The zero-order valence-corrected chi connectivity index (χ0v) is 19.6. The summed E-state index contributed by atoms with van der Waals surface area (Å²) in [6, 6.07) is 21.2. The Morgan fingerprint density at radius 2 is 1.49 bits per heavy atom. The van der Waals surface area contributed by atoms with Crippen molar-refractivity contribution >= 4 is 35.0 Å². The van der Waals surface area contributed by atoms with Crippen molar-refractivity contribution in [1.29, 1.82) is 0 Å². The predicted octanol–water partition coefficient (Wildman–Crippen LogP) is 6.57. The molecule has 5 aromatic rings. The van der Waals surface area contributed by atoms with E-state index in [9.17, 15) is 4.79 Å². The molecule has 0 saturated carbocycles. The Kier molecular flexibility index (Phi) is 6.78. The van der Waals surface area contributed by atoms with E-state index in [0.717, 1.165) is 0 Å². The Morgan fingerprint density at radius 3 is 2.11 bits per heavy atom. The average molecular weight is 505 g/mol. The van der Waals surface area contributed by atoms with Crippen LogP contribution in [-0.4, -0.2) is 26.8 Å². The lowest BCUT2D eigenvalue weighted by Gasteiger charge is -2.08. The highest BCUT2D eigenvalue weighted by atomic mass is 35.5. The summed E-state index contributed by atoms with van der Waals surface area (Å²) in [5, 5.41) is 12.2. The van der Waals surface area contributed by atoms with Gasteiger partial charge in [0, 0.05) is 10.7 Å². The van der Waals surface area contributed by atoms with E-state index in [4.69, 9.17) is 25.2 Å². The zero-order valence-electron chi connectivity index (χ0n) is 18.1. The lowest BCUT2D eigenvalue weighted by Crippen LogP contribution is -2.14. The lowest BCUT2D eigenvalue weighted by molar-refractivity contribution is -0.113. The minimum Gasteiger partial charge on any atom is -0.463 e. The Hall–Kier alpha value is -4.08. The van der Waals surface area contributed by atoms with Gasteiger partial charge < -0.3 is 18.9 Å². The Bertz CT molecular complexity index is 1410. The van der Waals surface area contributed by atoms with Gasteiger partial charge in [-0.05, 0) is 72.8 Å². The first kappa shape index (κ1) is 22.7. The van der Waals surface area contributed by atoms with E-state index < -0.39 is 0 Å². The van der Waals surface area contributed by atoms with Crippen molar-refractivity contribution in [2.75, 3.05) is 11.1 Å². The number of halogens is 1. The molecule has 3 heterocycles. The smallest absolute Gasteiger partial charge is 0.234 e. The summed E-state index contributed by atoms with van der Waals surface area (Å²) < 4.78 is 16.7. The van der Waals surface area contributed by atoms with Crippen molar-refractivity contribution in [3.8, 4) is 34.4 Å². The molecule has 10 heteroatoms. The van der Waals surface area contributed by atoms with Crippen molar-refractivity contribution in [2.45, 2.75) is 5.16 Å². The van der Waals surface area contributed by atoms with Crippen molar-refractivity contribution < 1.29 is 18.4 Å². The number of nitrogens with zero attached hydrogens (tertiary/aromatic N) is 3. The van der Waals surface area contributed by atoms with Crippen molar-refractivity contribution in [2.24, 2.45) is 0 Å². The van der Waals surface area contributed by atoms with Gasteiger partial charge in [0.2, 0.25) is 11.1 Å². The van der Waals surface area contributed by atoms with E-state index in [2.05, 4.69) is 20.5 Å². The molecule has 2 aromatic carbocycles. The second kappa shape index (κ2) is 10.5. The molecule has 174 valence electrons. The number of rotatable bonds is 8. The number of anilines is 1. The molecule has 0 bridgehead atoms. The molecule has 0 aliphatic carbocycles. The molecule has 35 heavy (non-hydrogen) atoms. The van der Waals surface area contributed by atoms with E-state index in [1.165, 1.54) is 11.8 Å². The number of furan rings is 2. The highest BCUT2D eigenvalue weighted by molar-refractivity contribution is 7.99. The topological polar surface area (TPSA) is 103 Å². The molecular weight excluding hydrogens is 488 g/mol. The number of thioether (sulfide) groups is 1. The lowest BCUT2D eigenvalue weighted by atomic mass is 10.2. The van der Waals surface area contributed by atoms with Crippen LogP contribution in [0.25, 0.3) is 22.9 Å². The number of ether oxygens (including phenoxy) is 1. The molecule has 1 N–H and O–H groups in total. The van der Waals surface area contributed by atoms with Gasteiger partial charge in [-0.2, -0.15) is 0 Å². The summed E-state index contributed by atoms with van der Waals surface area (Å²) in [6.45, 7) is 0. The molecular formula is C25H17ClN4O4S. The van der Waals surface area contributed by atoms with E-state index in [1.807, 2.05) is 0 Å². The van der Waals surface area contributed by atoms with Crippen LogP contribution in [0.2, 0.25) is 5.02 Å². The zero-order chi connectivity index (χ0) is 24.0. The highest BCUT2D eigenvalue weighted by Crippen LogP contribution is 2.30. The van der Waals surface area contributed by atoms with Gasteiger partial charge in [-0.3, -0.25) is 4.79 Å². The first-order valence-electron chi connectivity index (χ1n) is 10.4. The molecule has 0 aliphatic heterocycles. The van der Waals surface area contributed by atoms with Crippen LogP contribution in [-0.2, 0) is 4.79 Å². The number of hydrogen-bond acceptors (Lipinski definition) is 8. The highest BCUT2D eigenvalue weighted by Gasteiger charge is 2.18. The molecule has 0 fully saturated rings. The summed E-state index contributed by atoms with van der Waals surface area (Å²) in [5.74, 6) is 2.25. The number of amides is 1. The van der Waals surface area contributed by atoms with E-state index in [-0.39, 0.29) is 11.7 Å². The Labute approximate surface area is 209 Å². The fourth-order valence-electron chi connectivity index (χ4n) is 3.11. The van der Waals surface area contributed by atoms with Crippen molar-refractivity contribution in [3.05, 3.63) is 90.3 Å². The van der Waals surface area contributed by atoms with Gasteiger partial charge in [-0.15, -0.1) is 10.2 Å². The van der Waals surface area contributed by atoms with E-state index in [1.54, 1.807) is 85.3 Å². The SMILES string of the molecule is O=C(CSc1nnc(-c2ccco2)c(-c2ccco2)n1)Nc1ccc(Oc2ccc(Cl)cc2)cc1. The summed E-state index contributed by atoms with van der Waals surface area (Å²) in [4.78, 5) is 17.0. The summed E-state index contributed by atoms with van der Waals surface area (Å²) in [7, 11) is 0. The van der Waals surface area contributed by atoms with Crippen LogP contribution in [0.15, 0.2) is 99.3 Å². The second-order valence-corrected chi connectivity index (χ2v) is 8.54. The number of carbonyl (C=O) groups is 1. The van der Waals surface area contributed by atoms with Crippen LogP contribution in [0.3, 0.4) is 0 Å². The third-order valence-electron chi connectivity index (χ3n) is 4.70. The van der Waals surface area contributed by atoms with Gasteiger partial charge in [0.05, 0.1) is 18.3 Å². The van der Waals surface area contributed by atoms with Gasteiger partial charge in [-0.1, -0.05) is 23.4 Å². The monoisotopic (exact) mass is 504 g/mol. The molecule has 0 unspecified atom stereocenters. The molecule has 0 atom stereocenters. The average Bonchev–Trinajstić information content (AvgIpc) is 3.60. The van der Waals surface area contributed by atoms with E-state index in [0.29, 0.717) is 50.3 Å². The molecule has 0 spiro atoms. The van der Waals surface area contributed by atoms with Gasteiger partial charge in [0.25, 0.3) is 0 Å². The molecule has 3 aromatic heterocycles. The van der Waals surface area contributed by atoms with Crippen LogP contribution >= 0.6 is 23.4 Å². The first-order chi connectivity index (χ1) is 17.1. The number of aromatic nitrogens is 3. The first-order valence-corrected chi connectivity index (χ1v) is 11.8. The minimum absolute atomic E-state index is 0.0996. The maximum absolute atomic E-state index is 12.5. The molecule has 0 aliphatic rings. The third kappa shape index (κ3) is 5.71. The van der Waals surface area contributed by atoms with Crippen LogP contribution in [0.4, 0.5) is 5.69 Å². The minimum atomic E-state index is -0.209. The molecule has 0 saturated heterocycles. The number of carbonyl (C=O) groups excluding carboxylic acids is 1. The predicted molar refractivity (Wildman–Crippen MR) is 133 cm³/mol. The second-order valence-electron chi connectivity index (χ2n) is 7.16. The number of nitrogens with one attached hydrogen (secondary N) is 1.